The lowest BCUT2D eigenvalue weighted by molar-refractivity contribution is 0.626. The summed E-state index contributed by atoms with van der Waals surface area (Å²) in [6.45, 7) is 19.0. The van der Waals surface area contributed by atoms with Gasteiger partial charge in [0, 0.05) is 24.0 Å². The van der Waals surface area contributed by atoms with Gasteiger partial charge in [-0.25, -0.2) is 4.39 Å². The lowest BCUT2D eigenvalue weighted by Gasteiger charge is -2.19. The van der Waals surface area contributed by atoms with Crippen LogP contribution in [0.3, 0.4) is 0 Å². The van der Waals surface area contributed by atoms with E-state index in [-0.39, 0.29) is 11.9 Å². The summed E-state index contributed by atoms with van der Waals surface area (Å²) in [4.78, 5) is 0. The normalized spacial score (nSPS) is 13.4. The van der Waals surface area contributed by atoms with Crippen molar-refractivity contribution in [2.45, 2.75) is 47.1 Å². The van der Waals surface area contributed by atoms with Crippen LogP contribution < -0.4 is 10.6 Å². The maximum absolute atomic E-state index is 13.3. The van der Waals surface area contributed by atoms with E-state index in [0.29, 0.717) is 0 Å². The van der Waals surface area contributed by atoms with E-state index < -0.39 is 0 Å². The smallest absolute Gasteiger partial charge is 0.123 e. The third-order valence-electron chi connectivity index (χ3n) is 4.90. The molecule has 3 heteroatoms. The van der Waals surface area contributed by atoms with Gasteiger partial charge in [-0.2, -0.15) is 0 Å². The number of aryl methyl sites for hydroxylation is 1. The van der Waals surface area contributed by atoms with Crippen molar-refractivity contribution in [2.75, 3.05) is 6.54 Å². The van der Waals surface area contributed by atoms with Gasteiger partial charge in [-0.15, -0.1) is 12.8 Å². The number of halogens is 1. The highest BCUT2D eigenvalue weighted by Gasteiger charge is 2.08. The van der Waals surface area contributed by atoms with E-state index in [4.69, 9.17) is 0 Å². The number of rotatable bonds is 12. The Balaban J connectivity index is 0.00000497. The summed E-state index contributed by atoms with van der Waals surface area (Å²) in [5.74, 6) is -0.223. The number of terminal acetylenes is 1. The molecule has 0 saturated heterocycles. The average Bonchev–Trinajstić information content (AvgIpc) is 2.80. The Morgan fingerprint density at radius 3 is 2.45 bits per heavy atom. The Morgan fingerprint density at radius 2 is 1.91 bits per heavy atom. The molecule has 1 rings (SSSR count). The molecule has 2 N–H and O–H groups in total. The van der Waals surface area contributed by atoms with Crippen LogP contribution in [0.5, 0.6) is 0 Å². The zero-order valence-corrected chi connectivity index (χ0v) is 20.8. The van der Waals surface area contributed by atoms with E-state index >= 15 is 0 Å². The van der Waals surface area contributed by atoms with Crippen LogP contribution in [0.2, 0.25) is 0 Å². The summed E-state index contributed by atoms with van der Waals surface area (Å²) in [5.41, 5.74) is 6.17. The Hall–Kier alpha value is -3.51. The van der Waals surface area contributed by atoms with Gasteiger partial charge in [0.15, 0.2) is 0 Å². The van der Waals surface area contributed by atoms with Crippen LogP contribution in [0.1, 0.15) is 45.2 Å². The number of allylic oxidation sites excluding steroid dienone is 6. The molecule has 0 heterocycles. The molecule has 0 saturated carbocycles. The minimum atomic E-state index is -0.223. The highest BCUT2D eigenvalue weighted by molar-refractivity contribution is 5.56. The Bertz CT molecular complexity index is 939. The topological polar surface area (TPSA) is 24.1 Å². The van der Waals surface area contributed by atoms with Crippen molar-refractivity contribution in [3.8, 4) is 12.8 Å². The number of benzene rings is 1. The van der Waals surface area contributed by atoms with Crippen molar-refractivity contribution >= 4 is 6.08 Å². The lowest BCUT2D eigenvalue weighted by Crippen LogP contribution is -2.26. The Labute approximate surface area is 201 Å². The minimum absolute atomic E-state index is 0.0459. The number of hydrogen-bond donors (Lipinski definition) is 2. The molecule has 0 aliphatic carbocycles. The first-order chi connectivity index (χ1) is 15.8. The van der Waals surface area contributed by atoms with Gasteiger partial charge in [0.2, 0.25) is 0 Å². The maximum Gasteiger partial charge on any atom is 0.123 e. The standard InChI is InChI=1S/C28H37FN2.C2H2/c1-8-12-24(10-3)20-30-28(11-4)19-26(13-9-2)23(7)31-22(6)14-15-25-16-17-27(29)18-21(25)5;1-2/h8-10,12-19,23,30-31H,2,6,11,20H2,1,3-5,7H3;1-2H/b12-8-,15-14+,24-10+,26-13+,28-19+;. The third kappa shape index (κ3) is 11.6. The predicted octanol–water partition coefficient (Wildman–Crippen LogP) is 7.41. The molecule has 0 aromatic heterocycles. The van der Waals surface area contributed by atoms with Crippen molar-refractivity contribution < 1.29 is 4.39 Å². The number of nitrogens with one attached hydrogen (secondary N) is 2. The van der Waals surface area contributed by atoms with Crippen LogP contribution in [-0.4, -0.2) is 12.6 Å². The van der Waals surface area contributed by atoms with Gasteiger partial charge in [0.25, 0.3) is 0 Å². The monoisotopic (exact) mass is 446 g/mol. The van der Waals surface area contributed by atoms with Crippen molar-refractivity contribution in [1.82, 2.24) is 10.6 Å². The van der Waals surface area contributed by atoms with Gasteiger partial charge < -0.3 is 10.6 Å². The molecule has 176 valence electrons. The summed E-state index contributed by atoms with van der Waals surface area (Å²) in [5, 5.41) is 6.96. The van der Waals surface area contributed by atoms with Crippen LogP contribution in [0.15, 0.2) is 96.4 Å². The molecule has 0 aliphatic rings. The largest absolute Gasteiger partial charge is 0.384 e. The van der Waals surface area contributed by atoms with Crippen LogP contribution in [-0.2, 0) is 0 Å². The molecule has 1 atom stereocenters. The molecule has 1 aromatic carbocycles. The SMILES string of the molecule is C#C.C=C/C=C(\C=C(/CC)NCC(/C=C\C)=C/C)C(C)NC(=C)/C=C/c1ccc(F)cc1C. The zero-order valence-electron chi connectivity index (χ0n) is 20.8. The second-order valence-electron chi connectivity index (χ2n) is 7.37. The van der Waals surface area contributed by atoms with Crippen LogP contribution in [0, 0.1) is 25.6 Å². The van der Waals surface area contributed by atoms with Gasteiger partial charge in [-0.05, 0) is 80.7 Å². The third-order valence-corrected chi connectivity index (χ3v) is 4.90. The molecule has 0 fully saturated rings. The molecule has 2 nitrogen and oxygen atoms in total. The summed E-state index contributed by atoms with van der Waals surface area (Å²) < 4.78 is 13.3. The van der Waals surface area contributed by atoms with E-state index in [2.05, 4.69) is 68.7 Å². The van der Waals surface area contributed by atoms with Crippen molar-refractivity contribution in [3.05, 3.63) is 113 Å². The van der Waals surface area contributed by atoms with Gasteiger partial charge >= 0.3 is 0 Å². The van der Waals surface area contributed by atoms with Crippen LogP contribution in [0.4, 0.5) is 4.39 Å². The van der Waals surface area contributed by atoms with Crippen molar-refractivity contribution in [2.24, 2.45) is 0 Å². The molecule has 1 unspecified atom stereocenters. The average molecular weight is 447 g/mol. The van der Waals surface area contributed by atoms with Crippen LogP contribution in [0.25, 0.3) is 6.08 Å². The first kappa shape index (κ1) is 29.5. The van der Waals surface area contributed by atoms with E-state index in [1.54, 1.807) is 12.1 Å². The number of hydrogen-bond acceptors (Lipinski definition) is 2. The summed E-state index contributed by atoms with van der Waals surface area (Å²) in [7, 11) is 0. The van der Waals surface area contributed by atoms with Gasteiger partial charge in [0.05, 0.1) is 0 Å². The van der Waals surface area contributed by atoms with E-state index in [0.717, 1.165) is 41.1 Å². The van der Waals surface area contributed by atoms with E-state index in [1.807, 2.05) is 45.1 Å². The van der Waals surface area contributed by atoms with Gasteiger partial charge in [0.1, 0.15) is 5.82 Å². The molecule has 0 bridgehead atoms. The fourth-order valence-electron chi connectivity index (χ4n) is 3.05. The Kier molecular flexibility index (Phi) is 15.3. The van der Waals surface area contributed by atoms with E-state index in [9.17, 15) is 4.39 Å². The molecule has 0 radical (unpaired) electrons. The Morgan fingerprint density at radius 1 is 1.21 bits per heavy atom. The molecule has 0 amide bonds. The second-order valence-corrected chi connectivity index (χ2v) is 7.37. The quantitative estimate of drug-likeness (QED) is 0.258. The van der Waals surface area contributed by atoms with Crippen molar-refractivity contribution in [3.63, 3.8) is 0 Å². The predicted molar refractivity (Wildman–Crippen MR) is 145 cm³/mol. The lowest BCUT2D eigenvalue weighted by atomic mass is 10.0. The van der Waals surface area contributed by atoms with E-state index in [1.165, 1.54) is 17.7 Å². The highest BCUT2D eigenvalue weighted by atomic mass is 19.1. The molecular weight excluding hydrogens is 407 g/mol. The summed E-state index contributed by atoms with van der Waals surface area (Å²) >= 11 is 0. The summed E-state index contributed by atoms with van der Waals surface area (Å²) in [6.07, 6.45) is 25.0. The molecule has 0 spiro atoms. The molecule has 1 aromatic rings. The zero-order chi connectivity index (χ0) is 25.2. The van der Waals surface area contributed by atoms with Crippen LogP contribution >= 0.6 is 0 Å². The first-order valence-electron chi connectivity index (χ1n) is 11.1. The molecule has 33 heavy (non-hydrogen) atoms. The van der Waals surface area contributed by atoms with Crippen molar-refractivity contribution in [1.29, 1.82) is 0 Å². The summed E-state index contributed by atoms with van der Waals surface area (Å²) in [6, 6.07) is 4.82. The minimum Gasteiger partial charge on any atom is -0.384 e. The molecule has 0 aliphatic heterocycles. The highest BCUT2D eigenvalue weighted by Crippen LogP contribution is 2.14. The fraction of sp³-hybridized carbons (Fsp3) is 0.267. The fourth-order valence-corrected chi connectivity index (χ4v) is 3.05. The second kappa shape index (κ2) is 17.1. The van der Waals surface area contributed by atoms with Gasteiger partial charge in [-0.3, -0.25) is 0 Å². The van der Waals surface area contributed by atoms with Gasteiger partial charge in [-0.1, -0.05) is 62.6 Å². The first-order valence-corrected chi connectivity index (χ1v) is 11.1. The maximum atomic E-state index is 13.3. The molecular formula is C30H39FN2.